The normalized spacial score (nSPS) is 10.2. The van der Waals surface area contributed by atoms with Crippen LogP contribution >= 0.6 is 0 Å². The van der Waals surface area contributed by atoms with Gasteiger partial charge < -0.3 is 10.5 Å². The topological polar surface area (TPSA) is 61.0 Å². The van der Waals surface area contributed by atoms with Crippen LogP contribution in [0.5, 0.6) is 6.01 Å². The average Bonchev–Trinajstić information content (AvgIpc) is 2.32. The second-order valence-electron chi connectivity index (χ2n) is 3.78. The summed E-state index contributed by atoms with van der Waals surface area (Å²) in [7, 11) is 0. The minimum atomic E-state index is 0.416. The highest BCUT2D eigenvalue weighted by Gasteiger charge is 2.00. The number of benzene rings is 1. The van der Waals surface area contributed by atoms with E-state index in [0.717, 1.165) is 23.4 Å². The molecule has 2 aromatic rings. The predicted molar refractivity (Wildman–Crippen MR) is 66.8 cm³/mol. The molecule has 0 saturated heterocycles. The molecule has 4 heteroatoms. The van der Waals surface area contributed by atoms with Gasteiger partial charge in [0.15, 0.2) is 0 Å². The van der Waals surface area contributed by atoms with Gasteiger partial charge in [-0.15, -0.1) is 0 Å². The molecule has 0 fully saturated rings. The first-order valence-corrected chi connectivity index (χ1v) is 5.51. The van der Waals surface area contributed by atoms with Gasteiger partial charge in [0.1, 0.15) is 0 Å². The third-order valence-electron chi connectivity index (χ3n) is 2.43. The molecule has 0 aliphatic carbocycles. The fourth-order valence-corrected chi connectivity index (χ4v) is 1.51. The van der Waals surface area contributed by atoms with Gasteiger partial charge in [-0.3, -0.25) is 0 Å². The van der Waals surface area contributed by atoms with Crippen LogP contribution in [-0.4, -0.2) is 16.6 Å². The Kier molecular flexibility index (Phi) is 3.55. The van der Waals surface area contributed by atoms with Gasteiger partial charge in [-0.25, -0.2) is 9.97 Å². The lowest BCUT2D eigenvalue weighted by atomic mass is 10.1. The molecular weight excluding hydrogens is 214 g/mol. The van der Waals surface area contributed by atoms with Gasteiger partial charge in [0.05, 0.1) is 6.61 Å². The molecule has 0 atom stereocenters. The van der Waals surface area contributed by atoms with Crippen molar-refractivity contribution in [2.75, 3.05) is 12.3 Å². The van der Waals surface area contributed by atoms with Crippen LogP contribution in [0.3, 0.4) is 0 Å². The van der Waals surface area contributed by atoms with Gasteiger partial charge in [0, 0.05) is 24.0 Å². The third kappa shape index (κ3) is 3.17. The van der Waals surface area contributed by atoms with E-state index in [9.17, 15) is 0 Å². The van der Waals surface area contributed by atoms with Crippen molar-refractivity contribution in [2.24, 2.45) is 0 Å². The first-order chi connectivity index (χ1) is 8.25. The predicted octanol–water partition coefficient (Wildman–Crippen LogP) is 1.99. The van der Waals surface area contributed by atoms with Crippen molar-refractivity contribution in [1.82, 2.24) is 9.97 Å². The molecule has 2 rings (SSSR count). The molecule has 0 spiro atoms. The Balaban J connectivity index is 1.90. The molecule has 0 aliphatic heterocycles. The second kappa shape index (κ2) is 5.30. The van der Waals surface area contributed by atoms with Crippen LogP contribution in [-0.2, 0) is 6.42 Å². The van der Waals surface area contributed by atoms with E-state index in [0.29, 0.717) is 12.6 Å². The Morgan fingerprint density at radius 2 is 2.06 bits per heavy atom. The lowest BCUT2D eigenvalue weighted by Crippen LogP contribution is -2.06. The first kappa shape index (κ1) is 11.4. The fraction of sp³-hybridized carbons (Fsp3) is 0.231. The van der Waals surface area contributed by atoms with Crippen molar-refractivity contribution in [3.8, 4) is 6.01 Å². The first-order valence-electron chi connectivity index (χ1n) is 5.51. The average molecular weight is 229 g/mol. The van der Waals surface area contributed by atoms with Crippen LogP contribution in [0.1, 0.15) is 11.3 Å². The summed E-state index contributed by atoms with van der Waals surface area (Å²) < 4.78 is 5.47. The van der Waals surface area contributed by atoms with E-state index in [-0.39, 0.29) is 0 Å². The van der Waals surface area contributed by atoms with E-state index in [2.05, 4.69) is 9.97 Å². The molecule has 0 aliphatic rings. The van der Waals surface area contributed by atoms with E-state index in [1.165, 1.54) is 0 Å². The summed E-state index contributed by atoms with van der Waals surface area (Å²) in [5, 5.41) is 0. The van der Waals surface area contributed by atoms with Gasteiger partial charge >= 0.3 is 6.01 Å². The van der Waals surface area contributed by atoms with E-state index in [1.54, 1.807) is 6.20 Å². The zero-order valence-electron chi connectivity index (χ0n) is 9.76. The quantitative estimate of drug-likeness (QED) is 0.814. The highest BCUT2D eigenvalue weighted by Crippen LogP contribution is 2.11. The van der Waals surface area contributed by atoms with Crippen molar-refractivity contribution in [3.63, 3.8) is 0 Å². The zero-order chi connectivity index (χ0) is 12.1. The molecule has 1 aromatic carbocycles. The lowest BCUT2D eigenvalue weighted by molar-refractivity contribution is 0.295. The van der Waals surface area contributed by atoms with Crippen molar-refractivity contribution in [1.29, 1.82) is 0 Å². The Hall–Kier alpha value is -2.10. The maximum absolute atomic E-state index is 5.84. The molecule has 1 aromatic heterocycles. The SMILES string of the molecule is Cc1ccnc(OCCc2ccccc2N)n1. The fourth-order valence-electron chi connectivity index (χ4n) is 1.51. The number of aryl methyl sites for hydroxylation is 1. The highest BCUT2D eigenvalue weighted by atomic mass is 16.5. The molecule has 2 N–H and O–H groups in total. The molecule has 88 valence electrons. The van der Waals surface area contributed by atoms with Gasteiger partial charge in [-0.1, -0.05) is 18.2 Å². The maximum atomic E-state index is 5.84. The number of hydrogen-bond donors (Lipinski definition) is 1. The van der Waals surface area contributed by atoms with Crippen LogP contribution in [0.25, 0.3) is 0 Å². The molecule has 0 unspecified atom stereocenters. The van der Waals surface area contributed by atoms with Crippen LogP contribution in [0.2, 0.25) is 0 Å². The Morgan fingerprint density at radius 3 is 2.82 bits per heavy atom. The molecule has 0 bridgehead atoms. The molecule has 0 radical (unpaired) electrons. The smallest absolute Gasteiger partial charge is 0.316 e. The molecule has 4 nitrogen and oxygen atoms in total. The number of nitrogen functional groups attached to an aromatic ring is 1. The lowest BCUT2D eigenvalue weighted by Gasteiger charge is -2.06. The van der Waals surface area contributed by atoms with E-state index in [1.807, 2.05) is 37.3 Å². The summed E-state index contributed by atoms with van der Waals surface area (Å²) in [5.41, 5.74) is 8.61. The summed E-state index contributed by atoms with van der Waals surface area (Å²) in [5.74, 6) is 0. The van der Waals surface area contributed by atoms with Crippen molar-refractivity contribution >= 4 is 5.69 Å². The van der Waals surface area contributed by atoms with E-state index < -0.39 is 0 Å². The van der Waals surface area contributed by atoms with E-state index in [4.69, 9.17) is 10.5 Å². The number of hydrogen-bond acceptors (Lipinski definition) is 4. The Labute approximate surface area is 100 Å². The molecule has 0 amide bonds. The van der Waals surface area contributed by atoms with Gasteiger partial charge in [-0.05, 0) is 24.6 Å². The van der Waals surface area contributed by atoms with Gasteiger partial charge in [0.25, 0.3) is 0 Å². The Morgan fingerprint density at radius 1 is 1.24 bits per heavy atom. The standard InChI is InChI=1S/C13H15N3O/c1-10-6-8-15-13(16-10)17-9-7-11-4-2-3-5-12(11)14/h2-6,8H,7,9,14H2,1H3. The van der Waals surface area contributed by atoms with Crippen molar-refractivity contribution < 1.29 is 4.74 Å². The minimum Gasteiger partial charge on any atom is -0.463 e. The summed E-state index contributed by atoms with van der Waals surface area (Å²) in [6.07, 6.45) is 2.44. The van der Waals surface area contributed by atoms with Crippen LogP contribution in [0.4, 0.5) is 5.69 Å². The summed E-state index contributed by atoms with van der Waals surface area (Å²) in [6, 6.07) is 10.0. The third-order valence-corrected chi connectivity index (χ3v) is 2.43. The molecule has 17 heavy (non-hydrogen) atoms. The van der Waals surface area contributed by atoms with Crippen LogP contribution < -0.4 is 10.5 Å². The van der Waals surface area contributed by atoms with Crippen molar-refractivity contribution in [2.45, 2.75) is 13.3 Å². The summed E-state index contributed by atoms with van der Waals surface area (Å²) >= 11 is 0. The van der Waals surface area contributed by atoms with Gasteiger partial charge in [-0.2, -0.15) is 0 Å². The largest absolute Gasteiger partial charge is 0.463 e. The molecule has 1 heterocycles. The maximum Gasteiger partial charge on any atom is 0.316 e. The summed E-state index contributed by atoms with van der Waals surface area (Å²) in [4.78, 5) is 8.19. The number of ether oxygens (including phenoxy) is 1. The minimum absolute atomic E-state index is 0.416. The number of rotatable bonds is 4. The number of aromatic nitrogens is 2. The number of nitrogens with two attached hydrogens (primary N) is 1. The Bertz CT molecular complexity index is 500. The van der Waals surface area contributed by atoms with Gasteiger partial charge in [0.2, 0.25) is 0 Å². The van der Waals surface area contributed by atoms with Crippen molar-refractivity contribution in [3.05, 3.63) is 47.8 Å². The van der Waals surface area contributed by atoms with Crippen LogP contribution in [0, 0.1) is 6.92 Å². The van der Waals surface area contributed by atoms with Crippen LogP contribution in [0.15, 0.2) is 36.5 Å². The summed E-state index contributed by atoms with van der Waals surface area (Å²) in [6.45, 7) is 2.43. The molecule has 0 saturated carbocycles. The second-order valence-corrected chi connectivity index (χ2v) is 3.78. The number of anilines is 1. The number of nitrogens with zero attached hydrogens (tertiary/aromatic N) is 2. The number of para-hydroxylation sites is 1. The molecular formula is C13H15N3O. The van der Waals surface area contributed by atoms with E-state index >= 15 is 0 Å². The zero-order valence-corrected chi connectivity index (χ0v) is 9.76. The highest BCUT2D eigenvalue weighted by molar-refractivity contribution is 5.46. The monoisotopic (exact) mass is 229 g/mol.